The van der Waals surface area contributed by atoms with Crippen molar-refractivity contribution in [2.24, 2.45) is 0 Å². The minimum absolute atomic E-state index is 0.578. The van der Waals surface area contributed by atoms with Crippen LogP contribution < -0.4 is 5.32 Å². The van der Waals surface area contributed by atoms with Gasteiger partial charge < -0.3 is 10.1 Å². The summed E-state index contributed by atoms with van der Waals surface area (Å²) < 4.78 is 7.09. The van der Waals surface area contributed by atoms with Crippen LogP contribution in [0.1, 0.15) is 10.4 Å². The van der Waals surface area contributed by atoms with E-state index in [0.29, 0.717) is 6.61 Å². The van der Waals surface area contributed by atoms with Crippen LogP contribution in [0.4, 0.5) is 5.69 Å². The van der Waals surface area contributed by atoms with Gasteiger partial charge in [-0.2, -0.15) is 0 Å². The first kappa shape index (κ1) is 13.9. The average Bonchev–Trinajstić information content (AvgIpc) is 2.76. The number of thiophene rings is 1. The smallest absolute Gasteiger partial charge is 0.0931 e. The monoisotopic (exact) mass is 345 g/mol. The summed E-state index contributed by atoms with van der Waals surface area (Å²) in [7, 11) is 1.70. The number of methoxy groups -OCH3 is 1. The van der Waals surface area contributed by atoms with Crippen molar-refractivity contribution in [3.05, 3.63) is 49.6 Å². The lowest BCUT2D eigenvalue weighted by Crippen LogP contribution is -2.02. The minimum Gasteiger partial charge on any atom is -0.380 e. The molecular formula is C13H13BrClNOS. The van der Waals surface area contributed by atoms with Gasteiger partial charge in [-0.15, -0.1) is 11.3 Å². The maximum absolute atomic E-state index is 5.91. The molecule has 2 nitrogen and oxygen atoms in total. The number of nitrogens with one attached hydrogen (secondary N) is 1. The number of hydrogen-bond donors (Lipinski definition) is 1. The third-order valence-corrected chi connectivity index (χ3v) is 4.46. The summed E-state index contributed by atoms with van der Waals surface area (Å²) >= 11 is 11.0. The molecule has 2 aromatic rings. The fourth-order valence-corrected chi connectivity index (χ4v) is 3.15. The second kappa shape index (κ2) is 6.57. The molecule has 0 saturated heterocycles. The van der Waals surface area contributed by atoms with Crippen LogP contribution in [0.5, 0.6) is 0 Å². The Balaban J connectivity index is 2.11. The van der Waals surface area contributed by atoms with Crippen LogP contribution in [-0.4, -0.2) is 7.11 Å². The quantitative estimate of drug-likeness (QED) is 0.829. The Morgan fingerprint density at radius 3 is 2.83 bits per heavy atom. The zero-order valence-electron chi connectivity index (χ0n) is 9.87. The second-order valence-electron chi connectivity index (χ2n) is 3.76. The largest absolute Gasteiger partial charge is 0.380 e. The third-order valence-electron chi connectivity index (χ3n) is 2.49. The van der Waals surface area contributed by atoms with E-state index in [1.165, 1.54) is 4.88 Å². The predicted molar refractivity (Wildman–Crippen MR) is 81.5 cm³/mol. The topological polar surface area (TPSA) is 21.3 Å². The van der Waals surface area contributed by atoms with Crippen molar-refractivity contribution in [2.75, 3.05) is 12.4 Å². The highest BCUT2D eigenvalue weighted by Gasteiger charge is 2.06. The molecule has 96 valence electrons. The van der Waals surface area contributed by atoms with Crippen molar-refractivity contribution >= 4 is 44.6 Å². The number of halogens is 2. The van der Waals surface area contributed by atoms with E-state index in [1.54, 1.807) is 18.4 Å². The summed E-state index contributed by atoms with van der Waals surface area (Å²) in [5, 5.41) is 3.41. The van der Waals surface area contributed by atoms with Gasteiger partial charge in [-0.05, 0) is 24.3 Å². The summed E-state index contributed by atoms with van der Waals surface area (Å²) in [6, 6.07) is 10.0. The molecule has 1 aromatic heterocycles. The summed E-state index contributed by atoms with van der Waals surface area (Å²) in [4.78, 5) is 1.21. The SMILES string of the molecule is COCc1c(Br)cccc1NCc1ccc(Cl)s1. The van der Waals surface area contributed by atoms with E-state index in [2.05, 4.69) is 21.2 Å². The zero-order chi connectivity index (χ0) is 13.0. The van der Waals surface area contributed by atoms with Gasteiger partial charge in [0.25, 0.3) is 0 Å². The molecule has 0 amide bonds. The van der Waals surface area contributed by atoms with Gasteiger partial charge in [0.2, 0.25) is 0 Å². The summed E-state index contributed by atoms with van der Waals surface area (Å²) in [5.41, 5.74) is 2.21. The van der Waals surface area contributed by atoms with Crippen LogP contribution in [0.2, 0.25) is 4.34 Å². The first-order chi connectivity index (χ1) is 8.70. The fraction of sp³-hybridized carbons (Fsp3) is 0.231. The van der Waals surface area contributed by atoms with Crippen LogP contribution in [0, 0.1) is 0 Å². The Bertz CT molecular complexity index is 529. The summed E-state index contributed by atoms with van der Waals surface area (Å²) in [6.45, 7) is 1.35. The number of benzene rings is 1. The molecule has 2 rings (SSSR count). The van der Waals surface area contributed by atoms with E-state index in [1.807, 2.05) is 30.3 Å². The molecule has 0 aliphatic heterocycles. The van der Waals surface area contributed by atoms with Gasteiger partial charge in [-0.25, -0.2) is 0 Å². The van der Waals surface area contributed by atoms with Crippen molar-refractivity contribution < 1.29 is 4.74 Å². The molecule has 0 aliphatic rings. The van der Waals surface area contributed by atoms with Gasteiger partial charge in [-0.3, -0.25) is 0 Å². The molecule has 0 saturated carbocycles. The zero-order valence-corrected chi connectivity index (χ0v) is 13.0. The van der Waals surface area contributed by atoms with Crippen molar-refractivity contribution in [2.45, 2.75) is 13.2 Å². The van der Waals surface area contributed by atoms with Crippen LogP contribution >= 0.6 is 38.9 Å². The van der Waals surface area contributed by atoms with Gasteiger partial charge in [0.05, 0.1) is 10.9 Å². The fourth-order valence-electron chi connectivity index (χ4n) is 1.64. The average molecular weight is 347 g/mol. The van der Waals surface area contributed by atoms with Crippen LogP contribution in [0.15, 0.2) is 34.8 Å². The van der Waals surface area contributed by atoms with Gasteiger partial charge in [0.1, 0.15) is 0 Å². The number of hydrogen-bond acceptors (Lipinski definition) is 3. The van der Waals surface area contributed by atoms with Crippen LogP contribution in [-0.2, 0) is 17.9 Å². The maximum Gasteiger partial charge on any atom is 0.0931 e. The van der Waals surface area contributed by atoms with E-state index in [-0.39, 0.29) is 0 Å². The van der Waals surface area contributed by atoms with Gasteiger partial charge in [0.15, 0.2) is 0 Å². The third kappa shape index (κ3) is 3.48. The lowest BCUT2D eigenvalue weighted by molar-refractivity contribution is 0.185. The highest BCUT2D eigenvalue weighted by molar-refractivity contribution is 9.10. The highest BCUT2D eigenvalue weighted by atomic mass is 79.9. The van der Waals surface area contributed by atoms with E-state index < -0.39 is 0 Å². The molecule has 0 fully saturated rings. The van der Waals surface area contributed by atoms with Crippen molar-refractivity contribution in [1.82, 2.24) is 0 Å². The maximum atomic E-state index is 5.91. The second-order valence-corrected chi connectivity index (χ2v) is 6.41. The molecular weight excluding hydrogens is 334 g/mol. The molecule has 1 N–H and O–H groups in total. The molecule has 0 spiro atoms. The van der Waals surface area contributed by atoms with Crippen molar-refractivity contribution in [1.29, 1.82) is 0 Å². The van der Waals surface area contributed by atoms with E-state index in [4.69, 9.17) is 16.3 Å². The van der Waals surface area contributed by atoms with Gasteiger partial charge in [0, 0.05) is 34.3 Å². The lowest BCUT2D eigenvalue weighted by Gasteiger charge is -2.12. The lowest BCUT2D eigenvalue weighted by atomic mass is 10.2. The van der Waals surface area contributed by atoms with E-state index >= 15 is 0 Å². The Morgan fingerprint density at radius 2 is 2.17 bits per heavy atom. The van der Waals surface area contributed by atoms with Crippen LogP contribution in [0.3, 0.4) is 0 Å². The first-order valence-electron chi connectivity index (χ1n) is 5.45. The molecule has 1 aromatic carbocycles. The minimum atomic E-state index is 0.578. The first-order valence-corrected chi connectivity index (χ1v) is 7.44. The summed E-state index contributed by atoms with van der Waals surface area (Å²) in [5.74, 6) is 0. The molecule has 18 heavy (non-hydrogen) atoms. The van der Waals surface area contributed by atoms with Crippen molar-refractivity contribution in [3.63, 3.8) is 0 Å². The molecule has 0 radical (unpaired) electrons. The molecule has 0 bridgehead atoms. The molecule has 0 aliphatic carbocycles. The molecule has 0 atom stereocenters. The number of rotatable bonds is 5. The predicted octanol–water partition coefficient (Wildman–Crippen LogP) is 4.92. The molecule has 0 unspecified atom stereocenters. The van der Waals surface area contributed by atoms with Gasteiger partial charge in [-0.1, -0.05) is 33.6 Å². The van der Waals surface area contributed by atoms with E-state index in [0.717, 1.165) is 26.6 Å². The Morgan fingerprint density at radius 1 is 1.33 bits per heavy atom. The Hall–Kier alpha value is -0.550. The number of anilines is 1. The van der Waals surface area contributed by atoms with Crippen LogP contribution in [0.25, 0.3) is 0 Å². The molecule has 5 heteroatoms. The normalized spacial score (nSPS) is 10.6. The highest BCUT2D eigenvalue weighted by Crippen LogP contribution is 2.27. The van der Waals surface area contributed by atoms with Crippen molar-refractivity contribution in [3.8, 4) is 0 Å². The Labute approximate surface area is 124 Å². The Kier molecular flexibility index (Phi) is 5.06. The number of ether oxygens (including phenoxy) is 1. The van der Waals surface area contributed by atoms with E-state index in [9.17, 15) is 0 Å². The summed E-state index contributed by atoms with van der Waals surface area (Å²) in [6.07, 6.45) is 0. The standard InChI is InChI=1S/C13H13BrClNOS/c1-17-8-10-11(14)3-2-4-12(10)16-7-9-5-6-13(15)18-9/h2-6,16H,7-8H2,1H3. The van der Waals surface area contributed by atoms with Gasteiger partial charge >= 0.3 is 0 Å². The molecule has 1 heterocycles.